The molecule has 0 radical (unpaired) electrons. The van der Waals surface area contributed by atoms with E-state index in [-0.39, 0.29) is 5.15 Å². The van der Waals surface area contributed by atoms with Crippen LogP contribution in [0.1, 0.15) is 18.9 Å². The van der Waals surface area contributed by atoms with Crippen LogP contribution in [0.4, 0.5) is 5.82 Å². The third-order valence-corrected chi connectivity index (χ3v) is 3.59. The van der Waals surface area contributed by atoms with E-state index in [1.165, 1.54) is 6.07 Å². The van der Waals surface area contributed by atoms with Crippen LogP contribution in [0.25, 0.3) is 0 Å². The Morgan fingerprint density at radius 3 is 2.50 bits per heavy atom. The molecule has 0 atom stereocenters. The number of nitrogens with zero attached hydrogens (tertiary/aromatic N) is 2. The van der Waals surface area contributed by atoms with E-state index in [2.05, 4.69) is 15.5 Å². The minimum atomic E-state index is 0.187. The molecule has 0 amide bonds. The lowest BCUT2D eigenvalue weighted by molar-refractivity contribution is 1.18. The van der Waals surface area contributed by atoms with Gasteiger partial charge in [0.05, 0.1) is 15.8 Å². The highest BCUT2D eigenvalue weighted by Crippen LogP contribution is 2.28. The second-order valence-electron chi connectivity index (χ2n) is 3.98. The normalized spacial score (nSPS) is 11.5. The van der Waals surface area contributed by atoms with Gasteiger partial charge in [0, 0.05) is 0 Å². The first kappa shape index (κ1) is 15.1. The summed E-state index contributed by atoms with van der Waals surface area (Å²) in [5.74, 6) is 0.378. The molecule has 2 aromatic rings. The van der Waals surface area contributed by atoms with Crippen molar-refractivity contribution in [1.29, 1.82) is 0 Å². The molecular weight excluding hydrogens is 317 g/mol. The van der Waals surface area contributed by atoms with Gasteiger partial charge >= 0.3 is 0 Å². The number of anilines is 1. The molecule has 2 rings (SSSR count). The van der Waals surface area contributed by atoms with Gasteiger partial charge in [-0.1, -0.05) is 72.1 Å². The molecule has 0 fully saturated rings. The van der Waals surface area contributed by atoms with Crippen molar-refractivity contribution < 1.29 is 0 Å². The van der Waals surface area contributed by atoms with Crippen LogP contribution in [0.3, 0.4) is 0 Å². The standard InChI is InChI=1S/C14H12Cl3N3/c1-2-12(9-6-4-3-5-7-9)19-20-14-11(16)8-10(15)13(17)18-14/h3-8H,2H2,1H3,(H,18,20)/b19-12-. The average Bonchev–Trinajstić information content (AvgIpc) is 2.46. The van der Waals surface area contributed by atoms with E-state index in [4.69, 9.17) is 34.8 Å². The van der Waals surface area contributed by atoms with Crippen LogP contribution in [0.2, 0.25) is 15.2 Å². The first-order valence-corrected chi connectivity index (χ1v) is 7.14. The lowest BCUT2D eigenvalue weighted by atomic mass is 10.1. The van der Waals surface area contributed by atoms with Gasteiger partial charge in [-0.15, -0.1) is 0 Å². The largest absolute Gasteiger partial charge is 0.260 e. The van der Waals surface area contributed by atoms with Crippen molar-refractivity contribution in [1.82, 2.24) is 4.98 Å². The van der Waals surface area contributed by atoms with Crippen molar-refractivity contribution in [2.45, 2.75) is 13.3 Å². The number of hydrogen-bond acceptors (Lipinski definition) is 3. The number of benzene rings is 1. The van der Waals surface area contributed by atoms with Crippen molar-refractivity contribution in [2.24, 2.45) is 5.10 Å². The molecular formula is C14H12Cl3N3. The highest BCUT2D eigenvalue weighted by Gasteiger charge is 2.08. The van der Waals surface area contributed by atoms with Crippen molar-refractivity contribution >= 4 is 46.3 Å². The quantitative estimate of drug-likeness (QED) is 0.472. The first-order chi connectivity index (χ1) is 9.61. The monoisotopic (exact) mass is 327 g/mol. The van der Waals surface area contributed by atoms with E-state index in [1.807, 2.05) is 37.3 Å². The summed E-state index contributed by atoms with van der Waals surface area (Å²) >= 11 is 17.7. The van der Waals surface area contributed by atoms with E-state index in [0.29, 0.717) is 15.9 Å². The summed E-state index contributed by atoms with van der Waals surface area (Å²) < 4.78 is 0. The zero-order valence-electron chi connectivity index (χ0n) is 10.7. The second kappa shape index (κ2) is 6.93. The smallest absolute Gasteiger partial charge is 0.166 e. The van der Waals surface area contributed by atoms with Gasteiger partial charge < -0.3 is 0 Å². The third-order valence-electron chi connectivity index (χ3n) is 2.63. The fraction of sp³-hybridized carbons (Fsp3) is 0.143. The summed E-state index contributed by atoms with van der Waals surface area (Å²) in [6, 6.07) is 11.4. The summed E-state index contributed by atoms with van der Waals surface area (Å²) in [6.07, 6.45) is 0.774. The molecule has 3 nitrogen and oxygen atoms in total. The molecule has 0 bridgehead atoms. The average molecular weight is 329 g/mol. The fourth-order valence-electron chi connectivity index (χ4n) is 1.62. The number of hydrogen-bond donors (Lipinski definition) is 1. The lowest BCUT2D eigenvalue weighted by Gasteiger charge is -2.07. The molecule has 0 unspecified atom stereocenters. The Kier molecular flexibility index (Phi) is 5.24. The minimum Gasteiger partial charge on any atom is -0.260 e. The molecule has 1 N–H and O–H groups in total. The molecule has 0 aliphatic heterocycles. The summed E-state index contributed by atoms with van der Waals surface area (Å²) in [4.78, 5) is 4.06. The van der Waals surface area contributed by atoms with E-state index in [9.17, 15) is 0 Å². The number of aromatic nitrogens is 1. The van der Waals surface area contributed by atoms with Gasteiger partial charge in [0.15, 0.2) is 5.82 Å². The Hall–Kier alpha value is -1.29. The van der Waals surface area contributed by atoms with E-state index >= 15 is 0 Å². The van der Waals surface area contributed by atoms with Crippen molar-refractivity contribution in [3.63, 3.8) is 0 Å². The Bertz CT molecular complexity index is 627. The maximum atomic E-state index is 6.04. The molecule has 0 saturated heterocycles. The summed E-state index contributed by atoms with van der Waals surface area (Å²) in [7, 11) is 0. The van der Waals surface area contributed by atoms with E-state index in [1.54, 1.807) is 0 Å². The number of pyridine rings is 1. The molecule has 1 aromatic heterocycles. The number of halogens is 3. The Labute approximate surface area is 132 Å². The molecule has 0 spiro atoms. The molecule has 1 aromatic carbocycles. The highest BCUT2D eigenvalue weighted by atomic mass is 35.5. The Morgan fingerprint density at radius 2 is 1.85 bits per heavy atom. The molecule has 6 heteroatoms. The van der Waals surface area contributed by atoms with Crippen molar-refractivity contribution in [3.8, 4) is 0 Å². The second-order valence-corrected chi connectivity index (χ2v) is 5.15. The molecule has 1 heterocycles. The maximum Gasteiger partial charge on any atom is 0.166 e. The highest BCUT2D eigenvalue weighted by molar-refractivity contribution is 6.42. The molecule has 0 saturated carbocycles. The Balaban J connectivity index is 2.25. The Morgan fingerprint density at radius 1 is 1.15 bits per heavy atom. The van der Waals surface area contributed by atoms with Gasteiger partial charge in [0.25, 0.3) is 0 Å². The van der Waals surface area contributed by atoms with Crippen molar-refractivity contribution in [3.05, 3.63) is 57.2 Å². The van der Waals surface area contributed by atoms with Gasteiger partial charge in [-0.05, 0) is 18.1 Å². The number of nitrogens with one attached hydrogen (secondary N) is 1. The molecule has 20 heavy (non-hydrogen) atoms. The van der Waals surface area contributed by atoms with Gasteiger partial charge in [-0.2, -0.15) is 5.10 Å². The van der Waals surface area contributed by atoms with Gasteiger partial charge in [-0.25, -0.2) is 4.98 Å². The van der Waals surface area contributed by atoms with Gasteiger partial charge in [0.2, 0.25) is 0 Å². The minimum absolute atomic E-state index is 0.187. The number of hydrazone groups is 1. The topological polar surface area (TPSA) is 37.3 Å². The third kappa shape index (κ3) is 3.63. The SMILES string of the molecule is CC/C(=N/Nc1nc(Cl)c(Cl)cc1Cl)c1ccccc1. The van der Waals surface area contributed by atoms with Gasteiger partial charge in [-0.3, -0.25) is 5.43 Å². The van der Waals surface area contributed by atoms with Crippen LogP contribution >= 0.6 is 34.8 Å². The van der Waals surface area contributed by atoms with Crippen LogP contribution in [0.5, 0.6) is 0 Å². The van der Waals surface area contributed by atoms with Crippen LogP contribution in [0, 0.1) is 0 Å². The predicted molar refractivity (Wildman–Crippen MR) is 86.2 cm³/mol. The lowest BCUT2D eigenvalue weighted by Crippen LogP contribution is -2.04. The van der Waals surface area contributed by atoms with Crippen molar-refractivity contribution in [2.75, 3.05) is 5.43 Å². The summed E-state index contributed by atoms with van der Waals surface area (Å²) in [5, 5.41) is 5.20. The van der Waals surface area contributed by atoms with Crippen LogP contribution in [0.15, 0.2) is 41.5 Å². The van der Waals surface area contributed by atoms with E-state index < -0.39 is 0 Å². The van der Waals surface area contributed by atoms with Crippen LogP contribution in [-0.4, -0.2) is 10.7 Å². The van der Waals surface area contributed by atoms with Gasteiger partial charge in [0.1, 0.15) is 5.15 Å². The molecule has 0 aliphatic rings. The predicted octanol–water partition coefficient (Wildman–Crippen LogP) is 5.27. The zero-order valence-corrected chi connectivity index (χ0v) is 13.0. The summed E-state index contributed by atoms with van der Waals surface area (Å²) in [6.45, 7) is 2.03. The first-order valence-electron chi connectivity index (χ1n) is 6.01. The van der Waals surface area contributed by atoms with Crippen LogP contribution in [-0.2, 0) is 0 Å². The zero-order chi connectivity index (χ0) is 14.5. The van der Waals surface area contributed by atoms with Crippen LogP contribution < -0.4 is 5.43 Å². The fourth-order valence-corrected chi connectivity index (χ4v) is 2.16. The maximum absolute atomic E-state index is 6.04. The molecule has 104 valence electrons. The van der Waals surface area contributed by atoms with E-state index in [0.717, 1.165) is 17.7 Å². The molecule has 0 aliphatic carbocycles. The summed E-state index contributed by atoms with van der Waals surface area (Å²) in [5.41, 5.74) is 4.77. The number of rotatable bonds is 4.